The maximum atomic E-state index is 11.9. The lowest BCUT2D eigenvalue weighted by atomic mass is 9.94. The van der Waals surface area contributed by atoms with Crippen LogP contribution in [0.2, 0.25) is 0 Å². The molecule has 90 valence electrons. The summed E-state index contributed by atoms with van der Waals surface area (Å²) in [7, 11) is -1.70. The monoisotopic (exact) mass is 244 g/mol. The third kappa shape index (κ3) is 2.14. The van der Waals surface area contributed by atoms with Crippen molar-refractivity contribution in [1.29, 1.82) is 0 Å². The van der Waals surface area contributed by atoms with Crippen molar-refractivity contribution in [3.05, 3.63) is 18.0 Å². The van der Waals surface area contributed by atoms with Crippen molar-refractivity contribution in [2.45, 2.75) is 36.8 Å². The third-order valence-corrected chi connectivity index (χ3v) is 4.47. The first kappa shape index (κ1) is 11.6. The van der Waals surface area contributed by atoms with E-state index in [9.17, 15) is 8.42 Å². The van der Waals surface area contributed by atoms with Crippen LogP contribution in [0.3, 0.4) is 0 Å². The number of hydrogen-bond donors (Lipinski definition) is 2. The highest BCUT2D eigenvalue weighted by atomic mass is 32.2. The van der Waals surface area contributed by atoms with Crippen molar-refractivity contribution in [1.82, 2.24) is 9.29 Å². The molecule has 0 bridgehead atoms. The van der Waals surface area contributed by atoms with Crippen LogP contribution in [0.5, 0.6) is 0 Å². The van der Waals surface area contributed by atoms with Crippen molar-refractivity contribution in [2.24, 2.45) is 7.05 Å². The van der Waals surface area contributed by atoms with Gasteiger partial charge in [-0.3, -0.25) is 0 Å². The summed E-state index contributed by atoms with van der Waals surface area (Å²) in [6, 6.07) is 1.59. The van der Waals surface area contributed by atoms with Gasteiger partial charge in [0.2, 0.25) is 10.0 Å². The smallest absolute Gasteiger partial charge is 0.242 e. The Labute approximate surface area is 95.1 Å². The Morgan fingerprint density at radius 3 is 2.69 bits per heavy atom. The Morgan fingerprint density at radius 2 is 2.25 bits per heavy atom. The number of aromatic nitrogens is 1. The van der Waals surface area contributed by atoms with Crippen LogP contribution in [-0.2, 0) is 23.7 Å². The molecule has 1 aromatic rings. The van der Waals surface area contributed by atoms with Gasteiger partial charge in [0, 0.05) is 25.0 Å². The van der Waals surface area contributed by atoms with Gasteiger partial charge in [0.05, 0.1) is 11.5 Å². The Morgan fingerprint density at radius 1 is 1.56 bits per heavy atom. The minimum Gasteiger partial charge on any atom is -0.390 e. The molecule has 0 saturated heterocycles. The standard InChI is InChI=1S/C10H16N2O3S/c1-12-6-10(5-9(12)7-13)16(14,15)11-8-3-2-4-8/h5-6,8,11,13H,2-4,7H2,1H3. The lowest BCUT2D eigenvalue weighted by Gasteiger charge is -2.25. The van der Waals surface area contributed by atoms with E-state index in [0.29, 0.717) is 5.69 Å². The van der Waals surface area contributed by atoms with Crippen LogP contribution in [0.4, 0.5) is 0 Å². The van der Waals surface area contributed by atoms with Gasteiger partial charge in [0.1, 0.15) is 0 Å². The summed E-state index contributed by atoms with van der Waals surface area (Å²) in [5.74, 6) is 0. The van der Waals surface area contributed by atoms with Gasteiger partial charge in [-0.25, -0.2) is 13.1 Å². The molecule has 1 heterocycles. The SMILES string of the molecule is Cn1cc(S(=O)(=O)NC2CCC2)cc1CO. The van der Waals surface area contributed by atoms with E-state index < -0.39 is 10.0 Å². The highest BCUT2D eigenvalue weighted by Gasteiger charge is 2.25. The molecular weight excluding hydrogens is 228 g/mol. The molecule has 0 aromatic carbocycles. The Bertz CT molecular complexity index is 474. The van der Waals surface area contributed by atoms with E-state index in [1.165, 1.54) is 12.3 Å². The van der Waals surface area contributed by atoms with Gasteiger partial charge in [0.25, 0.3) is 0 Å². The molecule has 0 radical (unpaired) electrons. The van der Waals surface area contributed by atoms with E-state index in [0.717, 1.165) is 19.3 Å². The molecule has 1 aromatic heterocycles. The number of aliphatic hydroxyl groups excluding tert-OH is 1. The summed E-state index contributed by atoms with van der Waals surface area (Å²) in [5, 5.41) is 9.00. The summed E-state index contributed by atoms with van der Waals surface area (Å²) >= 11 is 0. The molecule has 2 rings (SSSR count). The first-order valence-electron chi connectivity index (χ1n) is 5.31. The second-order valence-corrected chi connectivity index (χ2v) is 5.90. The molecule has 1 aliphatic rings. The second-order valence-electron chi connectivity index (χ2n) is 4.19. The van der Waals surface area contributed by atoms with Crippen LogP contribution in [0.15, 0.2) is 17.2 Å². The zero-order valence-electron chi connectivity index (χ0n) is 9.18. The average molecular weight is 244 g/mol. The van der Waals surface area contributed by atoms with Gasteiger partial charge in [-0.05, 0) is 18.9 Å². The second kappa shape index (κ2) is 4.20. The van der Waals surface area contributed by atoms with Gasteiger partial charge in [0.15, 0.2) is 0 Å². The van der Waals surface area contributed by atoms with E-state index in [2.05, 4.69) is 4.72 Å². The lowest BCUT2D eigenvalue weighted by Crippen LogP contribution is -2.39. The summed E-state index contributed by atoms with van der Waals surface area (Å²) in [6.45, 7) is -0.157. The molecule has 6 heteroatoms. The van der Waals surface area contributed by atoms with Crippen LogP contribution in [0.1, 0.15) is 25.0 Å². The predicted molar refractivity (Wildman–Crippen MR) is 59.3 cm³/mol. The molecule has 16 heavy (non-hydrogen) atoms. The van der Waals surface area contributed by atoms with Crippen molar-refractivity contribution in [3.8, 4) is 0 Å². The average Bonchev–Trinajstić information content (AvgIpc) is 2.54. The molecule has 1 aliphatic carbocycles. The van der Waals surface area contributed by atoms with Crippen LogP contribution >= 0.6 is 0 Å². The predicted octanol–water partition coefficient (Wildman–Crippen LogP) is 0.348. The molecule has 2 N–H and O–H groups in total. The van der Waals surface area contributed by atoms with E-state index in [4.69, 9.17) is 5.11 Å². The van der Waals surface area contributed by atoms with E-state index in [-0.39, 0.29) is 17.5 Å². The molecule has 1 fully saturated rings. The van der Waals surface area contributed by atoms with Gasteiger partial charge in [-0.15, -0.1) is 0 Å². The van der Waals surface area contributed by atoms with Crippen molar-refractivity contribution in [3.63, 3.8) is 0 Å². The number of nitrogens with one attached hydrogen (secondary N) is 1. The van der Waals surface area contributed by atoms with Crippen molar-refractivity contribution in [2.75, 3.05) is 0 Å². The zero-order valence-corrected chi connectivity index (χ0v) is 10.00. The van der Waals surface area contributed by atoms with Crippen LogP contribution < -0.4 is 4.72 Å². The minimum atomic E-state index is -3.41. The first-order chi connectivity index (χ1) is 7.53. The van der Waals surface area contributed by atoms with Gasteiger partial charge in [-0.1, -0.05) is 6.42 Å². The maximum absolute atomic E-state index is 11.9. The van der Waals surface area contributed by atoms with Crippen molar-refractivity contribution >= 4 is 10.0 Å². The number of nitrogens with zero attached hydrogens (tertiary/aromatic N) is 1. The quantitative estimate of drug-likeness (QED) is 0.802. The maximum Gasteiger partial charge on any atom is 0.242 e. The van der Waals surface area contributed by atoms with Crippen LogP contribution in [-0.4, -0.2) is 24.1 Å². The third-order valence-electron chi connectivity index (χ3n) is 2.98. The van der Waals surface area contributed by atoms with Gasteiger partial charge >= 0.3 is 0 Å². The Hall–Kier alpha value is -0.850. The number of sulfonamides is 1. The summed E-state index contributed by atoms with van der Waals surface area (Å²) < 4.78 is 28.1. The lowest BCUT2D eigenvalue weighted by molar-refractivity contribution is 0.272. The summed E-state index contributed by atoms with van der Waals surface area (Å²) in [5.41, 5.74) is 0.592. The molecule has 1 saturated carbocycles. The highest BCUT2D eigenvalue weighted by Crippen LogP contribution is 2.21. The molecule has 0 amide bonds. The normalized spacial score (nSPS) is 17.4. The first-order valence-corrected chi connectivity index (χ1v) is 6.79. The fourth-order valence-electron chi connectivity index (χ4n) is 1.69. The number of aryl methyl sites for hydroxylation is 1. The fraction of sp³-hybridized carbons (Fsp3) is 0.600. The number of hydrogen-bond acceptors (Lipinski definition) is 3. The zero-order chi connectivity index (χ0) is 11.8. The minimum absolute atomic E-state index is 0.0859. The summed E-state index contributed by atoms with van der Waals surface area (Å²) in [6.07, 6.45) is 4.44. The molecule has 0 aliphatic heterocycles. The van der Waals surface area contributed by atoms with Gasteiger partial charge < -0.3 is 9.67 Å². The van der Waals surface area contributed by atoms with E-state index >= 15 is 0 Å². The van der Waals surface area contributed by atoms with Crippen molar-refractivity contribution < 1.29 is 13.5 Å². The molecule has 5 nitrogen and oxygen atoms in total. The topological polar surface area (TPSA) is 71.3 Å². The highest BCUT2D eigenvalue weighted by molar-refractivity contribution is 7.89. The number of rotatable bonds is 4. The number of aliphatic hydroxyl groups is 1. The molecule has 0 spiro atoms. The summed E-state index contributed by atoms with van der Waals surface area (Å²) in [4.78, 5) is 0.228. The molecule has 0 unspecified atom stereocenters. The molecular formula is C10H16N2O3S. The largest absolute Gasteiger partial charge is 0.390 e. The van der Waals surface area contributed by atoms with E-state index in [1.54, 1.807) is 11.6 Å². The van der Waals surface area contributed by atoms with Crippen LogP contribution in [0.25, 0.3) is 0 Å². The molecule has 0 atom stereocenters. The fourth-order valence-corrected chi connectivity index (χ4v) is 3.09. The van der Waals surface area contributed by atoms with Gasteiger partial charge in [-0.2, -0.15) is 0 Å². The van der Waals surface area contributed by atoms with E-state index in [1.807, 2.05) is 0 Å². The Kier molecular flexibility index (Phi) is 3.05. The Balaban J connectivity index is 2.20. The van der Waals surface area contributed by atoms with Crippen LogP contribution in [0, 0.1) is 0 Å².